The summed E-state index contributed by atoms with van der Waals surface area (Å²) in [5.74, 6) is 5.77. The van der Waals surface area contributed by atoms with Crippen LogP contribution in [0.4, 0.5) is 0 Å². The topological polar surface area (TPSA) is 52.0 Å². The molecule has 2 N–H and O–H groups in total. The van der Waals surface area contributed by atoms with Gasteiger partial charge in [-0.3, -0.25) is 0 Å². The van der Waals surface area contributed by atoms with Gasteiger partial charge in [-0.1, -0.05) is 0 Å². The molecule has 0 bridgehead atoms. The van der Waals surface area contributed by atoms with Crippen molar-refractivity contribution in [3.8, 4) is 5.88 Å². The van der Waals surface area contributed by atoms with Gasteiger partial charge < -0.3 is 4.74 Å². The van der Waals surface area contributed by atoms with Gasteiger partial charge in [0.25, 0.3) is 5.88 Å². The molecular formula is C5H8N3O+. The summed E-state index contributed by atoms with van der Waals surface area (Å²) in [5.41, 5.74) is 0. The Kier molecular flexibility index (Phi) is 1.48. The number of methoxy groups -OCH3 is 1. The van der Waals surface area contributed by atoms with Crippen molar-refractivity contribution < 1.29 is 9.53 Å². The third kappa shape index (κ3) is 1.28. The highest BCUT2D eigenvalue weighted by Gasteiger charge is 1.96. The van der Waals surface area contributed by atoms with Gasteiger partial charge in [-0.2, -0.15) is 5.84 Å². The van der Waals surface area contributed by atoms with Crippen LogP contribution in [0.25, 0.3) is 0 Å². The molecular weight excluding hydrogens is 118 g/mol. The SMILES string of the molecule is COc1ccc[n+](N)n1. The molecule has 1 aromatic rings. The second kappa shape index (κ2) is 2.30. The highest BCUT2D eigenvalue weighted by atomic mass is 16.5. The first-order chi connectivity index (χ1) is 4.33. The first-order valence-corrected chi connectivity index (χ1v) is 2.51. The van der Waals surface area contributed by atoms with Crippen molar-refractivity contribution >= 4 is 0 Å². The lowest BCUT2D eigenvalue weighted by Crippen LogP contribution is -2.47. The molecule has 1 heterocycles. The molecule has 0 amide bonds. The second-order valence-electron chi connectivity index (χ2n) is 1.53. The number of nitrogens with two attached hydrogens (primary N) is 1. The molecule has 4 nitrogen and oxygen atoms in total. The van der Waals surface area contributed by atoms with Crippen LogP contribution < -0.4 is 15.4 Å². The number of nitrogens with zero attached hydrogens (tertiary/aromatic N) is 2. The zero-order chi connectivity index (χ0) is 6.69. The lowest BCUT2D eigenvalue weighted by Gasteiger charge is -1.90. The number of nitrogen functional groups attached to an aromatic ring is 1. The summed E-state index contributed by atoms with van der Waals surface area (Å²) in [5, 5.41) is 3.76. The van der Waals surface area contributed by atoms with Crippen molar-refractivity contribution in [1.29, 1.82) is 0 Å². The van der Waals surface area contributed by atoms with Gasteiger partial charge in [0.05, 0.1) is 12.2 Å². The molecule has 0 aliphatic carbocycles. The molecule has 0 radical (unpaired) electrons. The molecule has 0 spiro atoms. The molecule has 0 fully saturated rings. The third-order valence-corrected chi connectivity index (χ3v) is 0.901. The van der Waals surface area contributed by atoms with Gasteiger partial charge in [0, 0.05) is 16.9 Å². The van der Waals surface area contributed by atoms with Gasteiger partial charge in [-0.05, 0) is 0 Å². The molecule has 0 saturated heterocycles. The normalized spacial score (nSPS) is 9.00. The molecule has 0 unspecified atom stereocenters. The standard InChI is InChI=1S/C5H8N3O/c1-9-5-3-2-4-8(6)7-5/h2-4H,1H3,(H2,6,7)/q+1. The van der Waals surface area contributed by atoms with Crippen LogP contribution in [0, 0.1) is 0 Å². The highest BCUT2D eigenvalue weighted by molar-refractivity contribution is 5.02. The van der Waals surface area contributed by atoms with Crippen LogP contribution in [0.3, 0.4) is 0 Å². The van der Waals surface area contributed by atoms with E-state index in [0.29, 0.717) is 5.88 Å². The summed E-state index contributed by atoms with van der Waals surface area (Å²) in [7, 11) is 1.54. The largest absolute Gasteiger partial charge is 0.477 e. The predicted molar refractivity (Wildman–Crippen MR) is 31.1 cm³/mol. The van der Waals surface area contributed by atoms with Crippen LogP contribution in [0.5, 0.6) is 5.88 Å². The zero-order valence-electron chi connectivity index (χ0n) is 5.11. The van der Waals surface area contributed by atoms with Crippen molar-refractivity contribution in [2.75, 3.05) is 13.0 Å². The summed E-state index contributed by atoms with van der Waals surface area (Å²) < 4.78 is 4.78. The Hall–Kier alpha value is -1.32. The minimum absolute atomic E-state index is 0.514. The first kappa shape index (κ1) is 5.81. The van der Waals surface area contributed by atoms with Crippen molar-refractivity contribution in [2.24, 2.45) is 0 Å². The van der Waals surface area contributed by atoms with Gasteiger partial charge in [0.1, 0.15) is 0 Å². The predicted octanol–water partition coefficient (Wildman–Crippen LogP) is -0.909. The fraction of sp³-hybridized carbons (Fsp3) is 0.200. The number of hydrogen-bond donors (Lipinski definition) is 1. The van der Waals surface area contributed by atoms with E-state index in [1.54, 1.807) is 25.4 Å². The number of rotatable bonds is 1. The van der Waals surface area contributed by atoms with E-state index in [9.17, 15) is 0 Å². The lowest BCUT2D eigenvalue weighted by atomic mass is 10.6. The molecule has 0 aliphatic heterocycles. The van der Waals surface area contributed by atoms with E-state index in [2.05, 4.69) is 5.10 Å². The maximum Gasteiger partial charge on any atom is 0.281 e. The average molecular weight is 126 g/mol. The Bertz CT molecular complexity index is 201. The van der Waals surface area contributed by atoms with E-state index in [-0.39, 0.29) is 0 Å². The van der Waals surface area contributed by atoms with E-state index in [0.717, 1.165) is 0 Å². The molecule has 0 atom stereocenters. The summed E-state index contributed by atoms with van der Waals surface area (Å²) in [6.45, 7) is 0. The van der Waals surface area contributed by atoms with E-state index in [1.807, 2.05) is 0 Å². The van der Waals surface area contributed by atoms with Crippen LogP contribution in [-0.4, -0.2) is 12.2 Å². The molecule has 4 heteroatoms. The number of aromatic nitrogens is 2. The van der Waals surface area contributed by atoms with Crippen LogP contribution in [0.15, 0.2) is 18.3 Å². The monoisotopic (exact) mass is 126 g/mol. The minimum Gasteiger partial charge on any atom is -0.477 e. The van der Waals surface area contributed by atoms with E-state index in [1.165, 1.54) is 4.79 Å². The van der Waals surface area contributed by atoms with Crippen molar-refractivity contribution in [2.45, 2.75) is 0 Å². The fourth-order valence-electron chi connectivity index (χ4n) is 0.503. The molecule has 1 rings (SSSR count). The summed E-state index contributed by atoms with van der Waals surface area (Å²) in [4.78, 5) is 1.19. The van der Waals surface area contributed by atoms with Crippen molar-refractivity contribution in [1.82, 2.24) is 5.10 Å². The molecule has 9 heavy (non-hydrogen) atoms. The summed E-state index contributed by atoms with van der Waals surface area (Å²) >= 11 is 0. The molecule has 0 aromatic carbocycles. The van der Waals surface area contributed by atoms with E-state index < -0.39 is 0 Å². The summed E-state index contributed by atoms with van der Waals surface area (Å²) in [6, 6.07) is 3.48. The van der Waals surface area contributed by atoms with Crippen LogP contribution in [0.2, 0.25) is 0 Å². The Labute approximate surface area is 52.8 Å². The number of ether oxygens (including phenoxy) is 1. The van der Waals surface area contributed by atoms with Gasteiger partial charge in [0.2, 0.25) is 6.20 Å². The molecule has 0 aliphatic rings. The second-order valence-corrected chi connectivity index (χ2v) is 1.53. The van der Waals surface area contributed by atoms with Gasteiger partial charge in [-0.25, -0.2) is 0 Å². The van der Waals surface area contributed by atoms with Crippen LogP contribution in [-0.2, 0) is 0 Å². The molecule has 48 valence electrons. The Morgan fingerprint density at radius 2 is 2.56 bits per heavy atom. The fourth-order valence-corrected chi connectivity index (χ4v) is 0.503. The molecule has 1 aromatic heterocycles. The quantitative estimate of drug-likeness (QED) is 0.391. The maximum absolute atomic E-state index is 5.26. The summed E-state index contributed by atoms with van der Waals surface area (Å²) in [6.07, 6.45) is 1.63. The highest BCUT2D eigenvalue weighted by Crippen LogP contribution is 1.96. The van der Waals surface area contributed by atoms with Crippen LogP contribution in [0.1, 0.15) is 0 Å². The number of hydrogen-bond acceptors (Lipinski definition) is 3. The third-order valence-electron chi connectivity index (χ3n) is 0.901. The van der Waals surface area contributed by atoms with Gasteiger partial charge in [-0.15, -0.1) is 0 Å². The smallest absolute Gasteiger partial charge is 0.281 e. The van der Waals surface area contributed by atoms with Crippen LogP contribution >= 0.6 is 0 Å². The van der Waals surface area contributed by atoms with Crippen molar-refractivity contribution in [3.63, 3.8) is 0 Å². The van der Waals surface area contributed by atoms with E-state index in [4.69, 9.17) is 10.6 Å². The Balaban J connectivity index is 2.94. The average Bonchev–Trinajstić information content (AvgIpc) is 1.88. The Morgan fingerprint density at radius 3 is 3.00 bits per heavy atom. The Morgan fingerprint density at radius 1 is 1.78 bits per heavy atom. The zero-order valence-corrected chi connectivity index (χ0v) is 5.11. The maximum atomic E-state index is 5.26. The molecule has 0 saturated carbocycles. The minimum atomic E-state index is 0.514. The first-order valence-electron chi connectivity index (χ1n) is 2.51. The van der Waals surface area contributed by atoms with Gasteiger partial charge >= 0.3 is 0 Å². The van der Waals surface area contributed by atoms with Gasteiger partial charge in [0.15, 0.2) is 0 Å². The van der Waals surface area contributed by atoms with E-state index >= 15 is 0 Å². The lowest BCUT2D eigenvalue weighted by molar-refractivity contribution is -0.700. The van der Waals surface area contributed by atoms with Crippen molar-refractivity contribution in [3.05, 3.63) is 18.3 Å².